The molecule has 1 aromatic carbocycles. The predicted octanol–water partition coefficient (Wildman–Crippen LogP) is 2.94. The minimum Gasteiger partial charge on any atom is -0.481 e. The quantitative estimate of drug-likeness (QED) is 0.682. The van der Waals surface area contributed by atoms with Crippen molar-refractivity contribution in [1.82, 2.24) is 10.2 Å². The van der Waals surface area contributed by atoms with E-state index < -0.39 is 11.4 Å². The van der Waals surface area contributed by atoms with Gasteiger partial charge >= 0.3 is 12.0 Å². The number of carbonyl (C=O) groups excluding carboxylic acids is 2. The molecule has 1 saturated heterocycles. The van der Waals surface area contributed by atoms with E-state index in [9.17, 15) is 19.5 Å². The third kappa shape index (κ3) is 5.21. The summed E-state index contributed by atoms with van der Waals surface area (Å²) < 4.78 is 0. The maximum absolute atomic E-state index is 12.6. The highest BCUT2D eigenvalue weighted by Gasteiger charge is 2.36. The lowest BCUT2D eigenvalue weighted by Gasteiger charge is -2.33. The van der Waals surface area contributed by atoms with Crippen LogP contribution in [0.5, 0.6) is 0 Å². The molecule has 148 valence electrons. The highest BCUT2D eigenvalue weighted by Crippen LogP contribution is 2.26. The molecule has 2 rings (SSSR count). The van der Waals surface area contributed by atoms with Crippen LogP contribution < -0.4 is 10.6 Å². The van der Waals surface area contributed by atoms with Crippen molar-refractivity contribution in [1.29, 1.82) is 0 Å². The lowest BCUT2D eigenvalue weighted by molar-refractivity contribution is -0.149. The van der Waals surface area contributed by atoms with Crippen LogP contribution >= 0.6 is 0 Å². The van der Waals surface area contributed by atoms with E-state index in [1.54, 1.807) is 4.90 Å². The Labute approximate surface area is 160 Å². The van der Waals surface area contributed by atoms with Gasteiger partial charge in [0, 0.05) is 25.3 Å². The fraction of sp³-hybridized carbons (Fsp3) is 0.550. The molecule has 1 atom stereocenters. The van der Waals surface area contributed by atoms with E-state index in [4.69, 9.17) is 0 Å². The van der Waals surface area contributed by atoms with Gasteiger partial charge in [-0.15, -0.1) is 0 Å². The standard InChI is InChI=1S/C20H29N3O4/c1-3-20(4-2,18(25)26)14-21-17(24)15-9-8-12-23(13-15)19(27)22-16-10-6-5-7-11-16/h5-7,10-11,15H,3-4,8-9,12-14H2,1-2H3,(H,21,24)(H,22,27)(H,25,26). The number of aliphatic carboxylic acids is 1. The zero-order valence-corrected chi connectivity index (χ0v) is 16.0. The number of hydrogen-bond acceptors (Lipinski definition) is 3. The summed E-state index contributed by atoms with van der Waals surface area (Å²) >= 11 is 0. The Balaban J connectivity index is 1.92. The summed E-state index contributed by atoms with van der Waals surface area (Å²) in [5.74, 6) is -1.39. The number of carbonyl (C=O) groups is 3. The van der Waals surface area contributed by atoms with E-state index in [1.807, 2.05) is 44.2 Å². The second-order valence-corrected chi connectivity index (χ2v) is 7.09. The first-order chi connectivity index (χ1) is 12.9. The third-order valence-corrected chi connectivity index (χ3v) is 5.51. The van der Waals surface area contributed by atoms with Crippen molar-refractivity contribution in [3.63, 3.8) is 0 Å². The molecule has 3 N–H and O–H groups in total. The topological polar surface area (TPSA) is 98.7 Å². The first-order valence-corrected chi connectivity index (χ1v) is 9.54. The molecule has 0 spiro atoms. The van der Waals surface area contributed by atoms with Gasteiger partial charge in [-0.3, -0.25) is 9.59 Å². The van der Waals surface area contributed by atoms with Gasteiger partial charge in [0.25, 0.3) is 0 Å². The Kier molecular flexibility index (Phi) is 7.21. The van der Waals surface area contributed by atoms with Crippen molar-refractivity contribution in [3.8, 4) is 0 Å². The Bertz CT molecular complexity index is 658. The highest BCUT2D eigenvalue weighted by molar-refractivity contribution is 5.90. The number of carboxylic acid groups (broad SMARTS) is 1. The van der Waals surface area contributed by atoms with E-state index >= 15 is 0 Å². The molecule has 0 aliphatic carbocycles. The maximum Gasteiger partial charge on any atom is 0.321 e. The molecule has 1 fully saturated rings. The van der Waals surface area contributed by atoms with Gasteiger partial charge in [0.05, 0.1) is 11.3 Å². The van der Waals surface area contributed by atoms with Crippen molar-refractivity contribution in [2.75, 3.05) is 25.0 Å². The molecule has 0 aromatic heterocycles. The average molecular weight is 375 g/mol. The summed E-state index contributed by atoms with van der Waals surface area (Å²) in [5, 5.41) is 15.1. The first-order valence-electron chi connectivity index (χ1n) is 9.54. The lowest BCUT2D eigenvalue weighted by atomic mass is 9.82. The summed E-state index contributed by atoms with van der Waals surface area (Å²) in [4.78, 5) is 38.2. The Morgan fingerprint density at radius 3 is 2.44 bits per heavy atom. The molecular weight excluding hydrogens is 346 g/mol. The van der Waals surface area contributed by atoms with Gasteiger partial charge in [0.15, 0.2) is 0 Å². The van der Waals surface area contributed by atoms with E-state index in [2.05, 4.69) is 10.6 Å². The molecule has 0 bridgehead atoms. The minimum absolute atomic E-state index is 0.112. The molecular formula is C20H29N3O4. The van der Waals surface area contributed by atoms with Crippen molar-refractivity contribution in [3.05, 3.63) is 30.3 Å². The van der Waals surface area contributed by atoms with Gasteiger partial charge in [0.1, 0.15) is 0 Å². The average Bonchev–Trinajstić information content (AvgIpc) is 2.69. The number of para-hydroxylation sites is 1. The molecule has 7 nitrogen and oxygen atoms in total. The maximum atomic E-state index is 12.6. The number of carboxylic acids is 1. The summed E-state index contributed by atoms with van der Waals surface area (Å²) in [6.07, 6.45) is 2.34. The molecule has 7 heteroatoms. The van der Waals surface area contributed by atoms with Crippen LogP contribution in [0.4, 0.5) is 10.5 Å². The molecule has 0 radical (unpaired) electrons. The summed E-state index contributed by atoms with van der Waals surface area (Å²) in [7, 11) is 0. The molecule has 0 saturated carbocycles. The number of rotatable bonds is 7. The summed E-state index contributed by atoms with van der Waals surface area (Å²) in [5.41, 5.74) is -0.222. The third-order valence-electron chi connectivity index (χ3n) is 5.51. The van der Waals surface area contributed by atoms with Gasteiger partial charge < -0.3 is 20.6 Å². The molecule has 1 aromatic rings. The van der Waals surface area contributed by atoms with E-state index in [0.717, 1.165) is 6.42 Å². The largest absolute Gasteiger partial charge is 0.481 e. The minimum atomic E-state index is -0.936. The van der Waals surface area contributed by atoms with Gasteiger partial charge in [-0.2, -0.15) is 0 Å². The number of nitrogens with zero attached hydrogens (tertiary/aromatic N) is 1. The number of anilines is 1. The Morgan fingerprint density at radius 1 is 1.19 bits per heavy atom. The second kappa shape index (κ2) is 9.39. The number of benzene rings is 1. The van der Waals surface area contributed by atoms with Crippen LogP contribution in [0.3, 0.4) is 0 Å². The molecule has 1 aliphatic rings. The number of piperidine rings is 1. The highest BCUT2D eigenvalue weighted by atomic mass is 16.4. The molecule has 27 heavy (non-hydrogen) atoms. The number of hydrogen-bond donors (Lipinski definition) is 3. The number of nitrogens with one attached hydrogen (secondary N) is 2. The summed E-state index contributed by atoms with van der Waals surface area (Å²) in [6.45, 7) is 4.69. The molecule has 1 aliphatic heterocycles. The van der Waals surface area contributed by atoms with Gasteiger partial charge in [0.2, 0.25) is 5.91 Å². The first kappa shape index (κ1) is 20.7. The van der Waals surface area contributed by atoms with Crippen LogP contribution in [0, 0.1) is 11.3 Å². The van der Waals surface area contributed by atoms with Crippen molar-refractivity contribution in [2.45, 2.75) is 39.5 Å². The van der Waals surface area contributed by atoms with Crippen molar-refractivity contribution in [2.24, 2.45) is 11.3 Å². The monoisotopic (exact) mass is 375 g/mol. The zero-order chi connectivity index (χ0) is 19.9. The van der Waals surface area contributed by atoms with E-state index in [0.29, 0.717) is 38.0 Å². The van der Waals surface area contributed by atoms with E-state index in [1.165, 1.54) is 0 Å². The second-order valence-electron chi connectivity index (χ2n) is 7.09. The number of amides is 3. The van der Waals surface area contributed by atoms with Gasteiger partial charge in [-0.05, 0) is 37.8 Å². The normalized spacial score (nSPS) is 17.3. The molecule has 3 amide bonds. The van der Waals surface area contributed by atoms with E-state index in [-0.39, 0.29) is 24.4 Å². The van der Waals surface area contributed by atoms with Crippen LogP contribution in [0.1, 0.15) is 39.5 Å². The van der Waals surface area contributed by atoms with Crippen LogP contribution in [-0.4, -0.2) is 47.5 Å². The number of likely N-dealkylation sites (tertiary alicyclic amines) is 1. The van der Waals surface area contributed by atoms with Gasteiger partial charge in [-0.1, -0.05) is 32.0 Å². The predicted molar refractivity (Wildman–Crippen MR) is 103 cm³/mol. The Morgan fingerprint density at radius 2 is 1.85 bits per heavy atom. The van der Waals surface area contributed by atoms with Crippen LogP contribution in [0.2, 0.25) is 0 Å². The van der Waals surface area contributed by atoms with Crippen LogP contribution in [-0.2, 0) is 9.59 Å². The van der Waals surface area contributed by atoms with Crippen molar-refractivity contribution < 1.29 is 19.5 Å². The number of urea groups is 1. The lowest BCUT2D eigenvalue weighted by Crippen LogP contribution is -2.49. The zero-order valence-electron chi connectivity index (χ0n) is 16.0. The molecule has 1 unspecified atom stereocenters. The molecule has 1 heterocycles. The Hall–Kier alpha value is -2.57. The van der Waals surface area contributed by atoms with Crippen LogP contribution in [0.15, 0.2) is 30.3 Å². The fourth-order valence-corrected chi connectivity index (χ4v) is 3.38. The van der Waals surface area contributed by atoms with Crippen LogP contribution in [0.25, 0.3) is 0 Å². The SMILES string of the molecule is CCC(CC)(CNC(=O)C1CCCN(C(=O)Nc2ccccc2)C1)C(=O)O. The fourth-order valence-electron chi connectivity index (χ4n) is 3.38. The van der Waals surface area contributed by atoms with Crippen molar-refractivity contribution >= 4 is 23.6 Å². The smallest absolute Gasteiger partial charge is 0.321 e. The summed E-state index contributed by atoms with van der Waals surface area (Å²) in [6, 6.07) is 8.97. The van der Waals surface area contributed by atoms with Gasteiger partial charge in [-0.25, -0.2) is 4.79 Å².